The maximum Gasteiger partial charge on any atom is 0.308 e. The highest BCUT2D eigenvalue weighted by molar-refractivity contribution is 5.73. The van der Waals surface area contributed by atoms with Crippen LogP contribution in [0.25, 0.3) is 6.08 Å². The predicted octanol–water partition coefficient (Wildman–Crippen LogP) is 0.765. The van der Waals surface area contributed by atoms with Gasteiger partial charge in [0.1, 0.15) is 0 Å². The summed E-state index contributed by atoms with van der Waals surface area (Å²) in [6.45, 7) is 1.88. The number of halogens is 1. The van der Waals surface area contributed by atoms with Crippen molar-refractivity contribution in [2.24, 2.45) is 0 Å². The molecule has 0 saturated heterocycles. The average Bonchev–Trinajstić information content (AvgIpc) is 2.15. The largest absolute Gasteiger partial charge is 0.353 e. The standard InChI is InChI=1S/C9H10FN3O/c1-7(14)11-4-2-3-8-5-12-9(10)13-6-8/h2-3,5-6H,4H2,1H3,(H,11,14). The van der Waals surface area contributed by atoms with Crippen molar-refractivity contribution in [1.82, 2.24) is 15.3 Å². The first-order valence-corrected chi connectivity index (χ1v) is 4.07. The molecule has 0 unspecified atom stereocenters. The topological polar surface area (TPSA) is 54.9 Å². The Morgan fingerprint density at radius 2 is 2.21 bits per heavy atom. The minimum atomic E-state index is -0.746. The van der Waals surface area contributed by atoms with Gasteiger partial charge in [-0.15, -0.1) is 0 Å². The van der Waals surface area contributed by atoms with Crippen LogP contribution in [0.2, 0.25) is 0 Å². The van der Waals surface area contributed by atoms with Gasteiger partial charge >= 0.3 is 6.08 Å². The summed E-state index contributed by atoms with van der Waals surface area (Å²) in [6, 6.07) is 0. The van der Waals surface area contributed by atoms with Gasteiger partial charge in [0.05, 0.1) is 0 Å². The highest BCUT2D eigenvalue weighted by atomic mass is 19.1. The number of carbonyl (C=O) groups is 1. The summed E-state index contributed by atoms with van der Waals surface area (Å²) >= 11 is 0. The molecule has 1 heterocycles. The first kappa shape index (κ1) is 10.3. The van der Waals surface area contributed by atoms with Crippen molar-refractivity contribution in [3.8, 4) is 0 Å². The number of hydrogen-bond donors (Lipinski definition) is 1. The monoisotopic (exact) mass is 195 g/mol. The van der Waals surface area contributed by atoms with Gasteiger partial charge < -0.3 is 5.32 Å². The molecule has 1 aromatic rings. The van der Waals surface area contributed by atoms with E-state index in [1.54, 1.807) is 12.2 Å². The zero-order chi connectivity index (χ0) is 10.4. The Kier molecular flexibility index (Phi) is 3.72. The summed E-state index contributed by atoms with van der Waals surface area (Å²) in [7, 11) is 0. The molecule has 1 rings (SSSR count). The second-order valence-electron chi connectivity index (χ2n) is 2.62. The van der Waals surface area contributed by atoms with Crippen LogP contribution in [-0.4, -0.2) is 22.4 Å². The third-order valence-corrected chi connectivity index (χ3v) is 1.42. The summed E-state index contributed by atoms with van der Waals surface area (Å²) in [5, 5.41) is 2.59. The molecule has 0 radical (unpaired) electrons. The number of rotatable bonds is 3. The average molecular weight is 195 g/mol. The normalized spacial score (nSPS) is 10.4. The van der Waals surface area contributed by atoms with E-state index in [1.165, 1.54) is 19.3 Å². The van der Waals surface area contributed by atoms with Gasteiger partial charge in [-0.2, -0.15) is 4.39 Å². The second kappa shape index (κ2) is 5.06. The lowest BCUT2D eigenvalue weighted by Gasteiger charge is -1.94. The van der Waals surface area contributed by atoms with Crippen LogP contribution in [0.15, 0.2) is 18.5 Å². The molecule has 0 saturated carbocycles. The van der Waals surface area contributed by atoms with Crippen molar-refractivity contribution in [2.45, 2.75) is 6.92 Å². The Labute approximate surface area is 80.9 Å². The molecule has 0 aromatic carbocycles. The van der Waals surface area contributed by atoms with E-state index in [2.05, 4.69) is 15.3 Å². The lowest BCUT2D eigenvalue weighted by atomic mass is 10.3. The molecule has 1 aromatic heterocycles. The Morgan fingerprint density at radius 3 is 2.79 bits per heavy atom. The van der Waals surface area contributed by atoms with Crippen molar-refractivity contribution >= 4 is 12.0 Å². The molecular weight excluding hydrogens is 185 g/mol. The zero-order valence-electron chi connectivity index (χ0n) is 7.70. The van der Waals surface area contributed by atoms with Crippen molar-refractivity contribution in [1.29, 1.82) is 0 Å². The second-order valence-corrected chi connectivity index (χ2v) is 2.62. The minimum absolute atomic E-state index is 0.0926. The fourth-order valence-electron chi connectivity index (χ4n) is 0.806. The molecule has 74 valence electrons. The maximum absolute atomic E-state index is 12.3. The number of nitrogens with one attached hydrogen (secondary N) is 1. The van der Waals surface area contributed by atoms with Crippen LogP contribution in [0.5, 0.6) is 0 Å². The Balaban J connectivity index is 2.44. The third kappa shape index (κ3) is 3.75. The molecule has 0 aliphatic carbocycles. The van der Waals surface area contributed by atoms with Crippen LogP contribution < -0.4 is 5.32 Å². The summed E-state index contributed by atoms with van der Waals surface area (Å²) in [6.07, 6.45) is 5.43. The smallest absolute Gasteiger partial charge is 0.308 e. The number of aromatic nitrogens is 2. The molecule has 0 fully saturated rings. The zero-order valence-corrected chi connectivity index (χ0v) is 7.70. The van der Waals surface area contributed by atoms with Gasteiger partial charge in [-0.05, 0) is 0 Å². The highest BCUT2D eigenvalue weighted by Gasteiger charge is 1.91. The van der Waals surface area contributed by atoms with Crippen LogP contribution in [0.4, 0.5) is 4.39 Å². The molecule has 14 heavy (non-hydrogen) atoms. The molecule has 4 nitrogen and oxygen atoms in total. The molecule has 0 aliphatic heterocycles. The number of nitrogens with zero attached hydrogens (tertiary/aromatic N) is 2. The van der Waals surface area contributed by atoms with E-state index in [1.807, 2.05) is 0 Å². The summed E-state index contributed by atoms with van der Waals surface area (Å²) in [4.78, 5) is 17.2. The SMILES string of the molecule is CC(=O)NCC=Cc1cnc(F)nc1. The molecule has 0 atom stereocenters. The van der Waals surface area contributed by atoms with Crippen LogP contribution in [0.3, 0.4) is 0 Å². The van der Waals surface area contributed by atoms with Gasteiger partial charge in [0.15, 0.2) is 0 Å². The number of carbonyl (C=O) groups excluding carboxylic acids is 1. The molecule has 5 heteroatoms. The third-order valence-electron chi connectivity index (χ3n) is 1.42. The molecule has 0 bridgehead atoms. The van der Waals surface area contributed by atoms with Crippen LogP contribution in [0, 0.1) is 6.08 Å². The fraction of sp³-hybridized carbons (Fsp3) is 0.222. The van der Waals surface area contributed by atoms with Gasteiger partial charge in [0, 0.05) is 31.4 Å². The first-order valence-electron chi connectivity index (χ1n) is 4.07. The molecule has 1 amide bonds. The Morgan fingerprint density at radius 1 is 1.57 bits per heavy atom. The molecule has 0 aliphatic rings. The van der Waals surface area contributed by atoms with E-state index < -0.39 is 6.08 Å². The first-order chi connectivity index (χ1) is 6.68. The van der Waals surface area contributed by atoms with E-state index in [4.69, 9.17) is 0 Å². The lowest BCUT2D eigenvalue weighted by Crippen LogP contribution is -2.19. The van der Waals surface area contributed by atoms with E-state index in [0.29, 0.717) is 12.1 Å². The van der Waals surface area contributed by atoms with E-state index in [0.717, 1.165) is 0 Å². The Hall–Kier alpha value is -1.78. The van der Waals surface area contributed by atoms with Crippen molar-refractivity contribution in [3.05, 3.63) is 30.1 Å². The maximum atomic E-state index is 12.3. The lowest BCUT2D eigenvalue weighted by molar-refractivity contribution is -0.118. The minimum Gasteiger partial charge on any atom is -0.353 e. The highest BCUT2D eigenvalue weighted by Crippen LogP contribution is 1.97. The fourth-order valence-corrected chi connectivity index (χ4v) is 0.806. The van der Waals surface area contributed by atoms with Gasteiger partial charge in [-0.1, -0.05) is 12.2 Å². The van der Waals surface area contributed by atoms with Gasteiger partial charge in [-0.3, -0.25) is 4.79 Å². The van der Waals surface area contributed by atoms with Crippen molar-refractivity contribution in [3.63, 3.8) is 0 Å². The quantitative estimate of drug-likeness (QED) is 0.724. The molecule has 1 N–H and O–H groups in total. The number of hydrogen-bond acceptors (Lipinski definition) is 3. The van der Waals surface area contributed by atoms with Crippen molar-refractivity contribution < 1.29 is 9.18 Å². The Bertz CT molecular complexity index is 334. The van der Waals surface area contributed by atoms with E-state index >= 15 is 0 Å². The molecular formula is C9H10FN3O. The van der Waals surface area contributed by atoms with Crippen LogP contribution >= 0.6 is 0 Å². The van der Waals surface area contributed by atoms with Crippen molar-refractivity contribution in [2.75, 3.05) is 6.54 Å². The van der Waals surface area contributed by atoms with Gasteiger partial charge in [-0.25, -0.2) is 9.97 Å². The predicted molar refractivity (Wildman–Crippen MR) is 49.7 cm³/mol. The van der Waals surface area contributed by atoms with Crippen LogP contribution in [0.1, 0.15) is 12.5 Å². The van der Waals surface area contributed by atoms with E-state index in [-0.39, 0.29) is 5.91 Å². The summed E-state index contributed by atoms with van der Waals surface area (Å²) in [5.41, 5.74) is 0.691. The van der Waals surface area contributed by atoms with Gasteiger partial charge in [0.2, 0.25) is 5.91 Å². The van der Waals surface area contributed by atoms with Gasteiger partial charge in [0.25, 0.3) is 0 Å². The molecule has 0 spiro atoms. The number of amides is 1. The van der Waals surface area contributed by atoms with E-state index in [9.17, 15) is 9.18 Å². The summed E-state index contributed by atoms with van der Waals surface area (Å²) in [5.74, 6) is -0.0926. The van der Waals surface area contributed by atoms with Crippen LogP contribution in [-0.2, 0) is 4.79 Å². The summed E-state index contributed by atoms with van der Waals surface area (Å²) < 4.78 is 12.3.